The minimum atomic E-state index is -3.60. The van der Waals surface area contributed by atoms with Crippen LogP contribution in [0.15, 0.2) is 89.8 Å². The molecule has 3 nitrogen and oxygen atoms in total. The summed E-state index contributed by atoms with van der Waals surface area (Å²) in [6, 6.07) is 24.7. The van der Waals surface area contributed by atoms with Crippen LogP contribution in [0.3, 0.4) is 0 Å². The molecule has 0 saturated carbocycles. The van der Waals surface area contributed by atoms with Crippen LogP contribution in [-0.2, 0) is 9.84 Å². The average molecular weight is 364 g/mol. The summed E-state index contributed by atoms with van der Waals surface area (Å²) in [5.41, 5.74) is 2.21. The van der Waals surface area contributed by atoms with Crippen molar-refractivity contribution in [2.45, 2.75) is 17.7 Å². The van der Waals surface area contributed by atoms with Crippen molar-refractivity contribution in [3.05, 3.63) is 102 Å². The number of hydrogen-bond acceptors (Lipinski definition) is 3. The number of rotatable bonds is 6. The number of aryl methyl sites for hydroxylation is 1. The number of Topliss-reactive ketones (excluding diaryl/α,β-unsaturated/α-hetero) is 1. The summed E-state index contributed by atoms with van der Waals surface area (Å²) >= 11 is 0. The Kier molecular flexibility index (Phi) is 5.33. The normalized spacial score (nSPS) is 12.5. The van der Waals surface area contributed by atoms with Crippen LogP contribution >= 0.6 is 0 Å². The first-order valence-electron chi connectivity index (χ1n) is 8.41. The van der Waals surface area contributed by atoms with E-state index in [1.54, 1.807) is 60.7 Å². The zero-order valence-electron chi connectivity index (χ0n) is 14.5. The number of carbonyl (C=O) groups excluding carboxylic acids is 1. The van der Waals surface area contributed by atoms with Gasteiger partial charge in [-0.05, 0) is 24.6 Å². The molecule has 0 aliphatic heterocycles. The molecule has 0 heterocycles. The van der Waals surface area contributed by atoms with Crippen LogP contribution in [0.4, 0.5) is 0 Å². The summed E-state index contributed by atoms with van der Waals surface area (Å²) in [7, 11) is -3.60. The van der Waals surface area contributed by atoms with E-state index >= 15 is 0 Å². The smallest absolute Gasteiger partial charge is 0.179 e. The summed E-state index contributed by atoms with van der Waals surface area (Å²) in [4.78, 5) is 13.3. The lowest BCUT2D eigenvalue weighted by Crippen LogP contribution is -2.22. The minimum Gasteiger partial charge on any atom is -0.293 e. The quantitative estimate of drug-likeness (QED) is 0.608. The molecule has 0 aromatic heterocycles. The first-order valence-corrected chi connectivity index (χ1v) is 10.1. The highest BCUT2D eigenvalue weighted by Gasteiger charge is 2.28. The molecule has 132 valence electrons. The lowest BCUT2D eigenvalue weighted by Gasteiger charge is -2.17. The molecule has 0 radical (unpaired) electrons. The third-order valence-electron chi connectivity index (χ3n) is 4.34. The molecular weight excluding hydrogens is 344 g/mol. The molecule has 3 aromatic rings. The van der Waals surface area contributed by atoms with Gasteiger partial charge in [0.05, 0.1) is 16.6 Å². The fourth-order valence-electron chi connectivity index (χ4n) is 2.87. The van der Waals surface area contributed by atoms with E-state index in [4.69, 9.17) is 0 Å². The maximum Gasteiger partial charge on any atom is 0.179 e. The molecule has 1 atom stereocenters. The fourth-order valence-corrected chi connectivity index (χ4v) is 4.40. The first kappa shape index (κ1) is 18.1. The predicted molar refractivity (Wildman–Crippen MR) is 103 cm³/mol. The van der Waals surface area contributed by atoms with Gasteiger partial charge in [0, 0.05) is 5.56 Å². The van der Waals surface area contributed by atoms with Crippen LogP contribution in [0.25, 0.3) is 0 Å². The van der Waals surface area contributed by atoms with E-state index in [0.29, 0.717) is 11.1 Å². The first-order chi connectivity index (χ1) is 12.5. The van der Waals surface area contributed by atoms with E-state index in [-0.39, 0.29) is 16.4 Å². The molecule has 0 saturated heterocycles. The second-order valence-electron chi connectivity index (χ2n) is 6.29. The topological polar surface area (TPSA) is 51.2 Å². The van der Waals surface area contributed by atoms with Gasteiger partial charge in [-0.15, -0.1) is 0 Å². The van der Waals surface area contributed by atoms with Gasteiger partial charge in [0.2, 0.25) is 0 Å². The van der Waals surface area contributed by atoms with Crippen molar-refractivity contribution >= 4 is 15.6 Å². The molecule has 3 rings (SSSR count). The highest BCUT2D eigenvalue weighted by Crippen LogP contribution is 2.26. The Hall–Kier alpha value is -2.72. The second-order valence-corrected chi connectivity index (χ2v) is 8.32. The van der Waals surface area contributed by atoms with Crippen LogP contribution < -0.4 is 0 Å². The van der Waals surface area contributed by atoms with Gasteiger partial charge in [-0.25, -0.2) is 8.42 Å². The highest BCUT2D eigenvalue weighted by atomic mass is 32.2. The Morgan fingerprint density at radius 2 is 1.35 bits per heavy atom. The van der Waals surface area contributed by atoms with Gasteiger partial charge in [-0.3, -0.25) is 4.79 Å². The SMILES string of the molecule is Cc1ccc(S(=O)(=O)CC(C(=O)c2ccccc2)c2ccccc2)cc1. The Morgan fingerprint density at radius 3 is 1.92 bits per heavy atom. The molecule has 1 unspecified atom stereocenters. The molecular formula is C22H20O3S. The number of ketones is 1. The van der Waals surface area contributed by atoms with Crippen molar-refractivity contribution in [1.82, 2.24) is 0 Å². The third kappa shape index (κ3) is 4.09. The fraction of sp³-hybridized carbons (Fsp3) is 0.136. The molecule has 0 aliphatic rings. The zero-order chi connectivity index (χ0) is 18.6. The van der Waals surface area contributed by atoms with Gasteiger partial charge in [0.15, 0.2) is 15.6 Å². The van der Waals surface area contributed by atoms with Gasteiger partial charge in [-0.1, -0.05) is 78.4 Å². The van der Waals surface area contributed by atoms with E-state index in [0.717, 1.165) is 5.56 Å². The molecule has 0 fully saturated rings. The van der Waals surface area contributed by atoms with Crippen LogP contribution in [0.1, 0.15) is 27.4 Å². The van der Waals surface area contributed by atoms with Gasteiger partial charge in [0.1, 0.15) is 0 Å². The Balaban J connectivity index is 1.99. The predicted octanol–water partition coefficient (Wildman–Crippen LogP) is 4.44. The van der Waals surface area contributed by atoms with Gasteiger partial charge in [-0.2, -0.15) is 0 Å². The lowest BCUT2D eigenvalue weighted by molar-refractivity contribution is 0.0967. The molecule has 0 aliphatic carbocycles. The van der Waals surface area contributed by atoms with Crippen molar-refractivity contribution in [2.24, 2.45) is 0 Å². The van der Waals surface area contributed by atoms with Crippen LogP contribution in [0, 0.1) is 6.92 Å². The highest BCUT2D eigenvalue weighted by molar-refractivity contribution is 7.91. The summed E-state index contributed by atoms with van der Waals surface area (Å²) < 4.78 is 25.8. The monoisotopic (exact) mass is 364 g/mol. The Morgan fingerprint density at radius 1 is 0.808 bits per heavy atom. The minimum absolute atomic E-state index is 0.188. The van der Waals surface area contributed by atoms with Crippen LogP contribution in [-0.4, -0.2) is 20.0 Å². The number of hydrogen-bond donors (Lipinski definition) is 0. The Labute approximate surface area is 154 Å². The maximum absolute atomic E-state index is 13.0. The lowest BCUT2D eigenvalue weighted by atomic mass is 9.92. The van der Waals surface area contributed by atoms with E-state index in [1.807, 2.05) is 31.2 Å². The number of sulfone groups is 1. The van der Waals surface area contributed by atoms with E-state index in [2.05, 4.69) is 0 Å². The molecule has 3 aromatic carbocycles. The van der Waals surface area contributed by atoms with Gasteiger partial charge in [0.25, 0.3) is 0 Å². The summed E-state index contributed by atoms with van der Waals surface area (Å²) in [5, 5.41) is 0. The summed E-state index contributed by atoms with van der Waals surface area (Å²) in [6.45, 7) is 1.90. The van der Waals surface area contributed by atoms with Crippen molar-refractivity contribution in [2.75, 3.05) is 5.75 Å². The van der Waals surface area contributed by atoms with E-state index < -0.39 is 15.8 Å². The van der Waals surface area contributed by atoms with Gasteiger partial charge >= 0.3 is 0 Å². The third-order valence-corrected chi connectivity index (χ3v) is 6.11. The van der Waals surface area contributed by atoms with Crippen molar-refractivity contribution in [3.8, 4) is 0 Å². The largest absolute Gasteiger partial charge is 0.293 e. The van der Waals surface area contributed by atoms with Crippen LogP contribution in [0.5, 0.6) is 0 Å². The molecule has 26 heavy (non-hydrogen) atoms. The van der Waals surface area contributed by atoms with Gasteiger partial charge < -0.3 is 0 Å². The second kappa shape index (κ2) is 7.67. The molecule has 0 bridgehead atoms. The standard InChI is InChI=1S/C22H20O3S/c1-17-12-14-20(15-13-17)26(24,25)16-21(18-8-4-2-5-9-18)22(23)19-10-6-3-7-11-19/h2-15,21H,16H2,1H3. The number of carbonyl (C=O) groups is 1. The maximum atomic E-state index is 13.0. The summed E-state index contributed by atoms with van der Waals surface area (Å²) in [6.07, 6.45) is 0. The number of benzene rings is 3. The molecule has 4 heteroatoms. The van der Waals surface area contributed by atoms with Crippen LogP contribution in [0.2, 0.25) is 0 Å². The van der Waals surface area contributed by atoms with Crippen molar-refractivity contribution in [1.29, 1.82) is 0 Å². The van der Waals surface area contributed by atoms with Crippen molar-refractivity contribution < 1.29 is 13.2 Å². The zero-order valence-corrected chi connectivity index (χ0v) is 15.3. The molecule has 0 amide bonds. The van der Waals surface area contributed by atoms with E-state index in [9.17, 15) is 13.2 Å². The van der Waals surface area contributed by atoms with E-state index in [1.165, 1.54) is 0 Å². The average Bonchev–Trinajstić information content (AvgIpc) is 2.67. The molecule has 0 N–H and O–H groups in total. The Bertz CT molecular complexity index is 977. The molecule has 0 spiro atoms. The van der Waals surface area contributed by atoms with Crippen molar-refractivity contribution in [3.63, 3.8) is 0 Å². The summed E-state index contributed by atoms with van der Waals surface area (Å²) in [5.74, 6) is -1.19.